The van der Waals surface area contributed by atoms with Crippen molar-refractivity contribution in [2.75, 3.05) is 0 Å². The molecule has 1 heterocycles. The quantitative estimate of drug-likeness (QED) is 0.801. The van der Waals surface area contributed by atoms with Crippen molar-refractivity contribution in [3.63, 3.8) is 0 Å². The van der Waals surface area contributed by atoms with Gasteiger partial charge in [-0.3, -0.25) is 4.79 Å². The van der Waals surface area contributed by atoms with Crippen LogP contribution in [0.15, 0.2) is 41.7 Å². The number of ketones is 1. The van der Waals surface area contributed by atoms with E-state index in [1.165, 1.54) is 37.5 Å². The molecule has 19 heavy (non-hydrogen) atoms. The van der Waals surface area contributed by atoms with Crippen molar-refractivity contribution >= 4 is 15.8 Å². The molecule has 0 amide bonds. The van der Waals surface area contributed by atoms with Crippen LogP contribution in [0.5, 0.6) is 0 Å². The molecule has 0 fully saturated rings. The molecule has 0 aliphatic heterocycles. The molecule has 2 N–H and O–H groups in total. The third kappa shape index (κ3) is 3.27. The normalized spacial score (nSPS) is 11.4. The van der Waals surface area contributed by atoms with Gasteiger partial charge in [0.25, 0.3) is 0 Å². The highest BCUT2D eigenvalue weighted by molar-refractivity contribution is 7.89. The summed E-state index contributed by atoms with van der Waals surface area (Å²) >= 11 is 0. The van der Waals surface area contributed by atoms with Crippen molar-refractivity contribution in [1.82, 2.24) is 14.7 Å². The van der Waals surface area contributed by atoms with Crippen molar-refractivity contribution in [3.8, 4) is 0 Å². The summed E-state index contributed by atoms with van der Waals surface area (Å²) in [6.07, 6.45) is 3.02. The average Bonchev–Trinajstić information content (AvgIpc) is 2.90. The van der Waals surface area contributed by atoms with E-state index in [1.807, 2.05) is 0 Å². The lowest BCUT2D eigenvalue weighted by molar-refractivity contribution is 0.101. The third-order valence-electron chi connectivity index (χ3n) is 2.58. The van der Waals surface area contributed by atoms with E-state index in [4.69, 9.17) is 0 Å². The van der Waals surface area contributed by atoms with Crippen LogP contribution in [-0.4, -0.2) is 24.2 Å². The Morgan fingerprint density at radius 1 is 1.32 bits per heavy atom. The Balaban J connectivity index is 2.13. The lowest BCUT2D eigenvalue weighted by Crippen LogP contribution is -2.23. The highest BCUT2D eigenvalue weighted by atomic mass is 32.2. The van der Waals surface area contributed by atoms with Gasteiger partial charge in [-0.05, 0) is 19.1 Å². The van der Waals surface area contributed by atoms with Crippen LogP contribution >= 0.6 is 0 Å². The van der Waals surface area contributed by atoms with E-state index in [0.717, 1.165) is 0 Å². The monoisotopic (exact) mass is 279 g/mol. The zero-order valence-electron chi connectivity index (χ0n) is 10.3. The van der Waals surface area contributed by atoms with Crippen LogP contribution in [0.1, 0.15) is 23.0 Å². The number of carbonyl (C=O) groups excluding carboxylic acids is 1. The number of aromatic amines is 1. The first-order valence-corrected chi connectivity index (χ1v) is 7.05. The zero-order valence-corrected chi connectivity index (χ0v) is 11.1. The van der Waals surface area contributed by atoms with Crippen LogP contribution in [-0.2, 0) is 16.6 Å². The molecule has 0 aliphatic rings. The number of nitrogens with one attached hydrogen (secondary N) is 2. The predicted molar refractivity (Wildman–Crippen MR) is 69.1 cm³/mol. The minimum Gasteiger partial charge on any atom is -0.347 e. The topological polar surface area (TPSA) is 91.9 Å². The summed E-state index contributed by atoms with van der Waals surface area (Å²) in [5.74, 6) is -0.102. The summed E-state index contributed by atoms with van der Waals surface area (Å²) in [5, 5.41) is 0. The van der Waals surface area contributed by atoms with E-state index in [9.17, 15) is 13.2 Å². The number of sulfonamides is 1. The highest BCUT2D eigenvalue weighted by Crippen LogP contribution is 2.11. The van der Waals surface area contributed by atoms with E-state index in [2.05, 4.69) is 14.7 Å². The molecule has 2 rings (SSSR count). The Bertz CT molecular complexity index is 661. The number of H-pyrrole nitrogens is 1. The second-order valence-electron chi connectivity index (χ2n) is 3.98. The smallest absolute Gasteiger partial charge is 0.240 e. The molecule has 1 aromatic carbocycles. The van der Waals surface area contributed by atoms with Crippen LogP contribution in [0, 0.1) is 0 Å². The molecule has 1 aromatic heterocycles. The van der Waals surface area contributed by atoms with Crippen molar-refractivity contribution in [2.24, 2.45) is 0 Å². The minimum absolute atomic E-state index is 0.102. The first-order chi connectivity index (χ1) is 8.99. The minimum atomic E-state index is -3.59. The van der Waals surface area contributed by atoms with E-state index in [1.54, 1.807) is 6.20 Å². The van der Waals surface area contributed by atoms with Gasteiger partial charge in [-0.15, -0.1) is 0 Å². The van der Waals surface area contributed by atoms with Gasteiger partial charge in [0, 0.05) is 17.5 Å². The average molecular weight is 279 g/mol. The summed E-state index contributed by atoms with van der Waals surface area (Å²) in [6.45, 7) is 1.57. The van der Waals surface area contributed by atoms with Crippen molar-refractivity contribution in [2.45, 2.75) is 18.4 Å². The van der Waals surface area contributed by atoms with Crippen molar-refractivity contribution < 1.29 is 13.2 Å². The maximum Gasteiger partial charge on any atom is 0.240 e. The number of Topliss-reactive ketones (excluding diaryl/α,β-unsaturated/α-hetero) is 1. The number of hydrogen-bond acceptors (Lipinski definition) is 4. The van der Waals surface area contributed by atoms with Crippen LogP contribution in [0.25, 0.3) is 0 Å². The fourth-order valence-corrected chi connectivity index (χ4v) is 2.51. The number of hydrogen-bond donors (Lipinski definition) is 2. The standard InChI is InChI=1S/C12H13N3O3S/c1-9(16)10-2-4-12(5-3-10)19(17,18)15-7-11-6-13-8-14-11/h2-6,8,15H,7H2,1H3,(H,13,14). The molecule has 0 bridgehead atoms. The summed E-state index contributed by atoms with van der Waals surface area (Å²) in [4.78, 5) is 17.8. The van der Waals surface area contributed by atoms with Crippen molar-refractivity contribution in [1.29, 1.82) is 0 Å². The maximum atomic E-state index is 12.0. The summed E-state index contributed by atoms with van der Waals surface area (Å²) in [5.41, 5.74) is 1.15. The number of nitrogens with zero attached hydrogens (tertiary/aromatic N) is 1. The summed E-state index contributed by atoms with van der Waals surface area (Å²) in [7, 11) is -3.59. The predicted octanol–water partition coefficient (Wildman–Crippen LogP) is 1.09. The van der Waals surface area contributed by atoms with Gasteiger partial charge in [0.2, 0.25) is 10.0 Å². The SMILES string of the molecule is CC(=O)c1ccc(S(=O)(=O)NCc2cnc[nH]2)cc1. The Hall–Kier alpha value is -1.99. The number of rotatable bonds is 5. The Morgan fingerprint density at radius 3 is 2.53 bits per heavy atom. The highest BCUT2D eigenvalue weighted by Gasteiger charge is 2.14. The lowest BCUT2D eigenvalue weighted by Gasteiger charge is -2.06. The van der Waals surface area contributed by atoms with Crippen LogP contribution in [0.2, 0.25) is 0 Å². The fraction of sp³-hybridized carbons (Fsp3) is 0.167. The lowest BCUT2D eigenvalue weighted by atomic mass is 10.2. The van der Waals surface area contributed by atoms with Crippen LogP contribution in [0.3, 0.4) is 0 Å². The fourth-order valence-electron chi connectivity index (χ4n) is 1.51. The molecule has 0 atom stereocenters. The summed E-state index contributed by atoms with van der Waals surface area (Å²) in [6, 6.07) is 5.80. The molecule has 0 radical (unpaired) electrons. The van der Waals surface area contributed by atoms with E-state index in [0.29, 0.717) is 11.3 Å². The van der Waals surface area contributed by atoms with Gasteiger partial charge < -0.3 is 4.98 Å². The largest absolute Gasteiger partial charge is 0.347 e. The molecule has 100 valence electrons. The van der Waals surface area contributed by atoms with Gasteiger partial charge in [-0.2, -0.15) is 0 Å². The molecule has 0 spiro atoms. The van der Waals surface area contributed by atoms with Gasteiger partial charge in [0.05, 0.1) is 17.8 Å². The molecule has 6 nitrogen and oxygen atoms in total. The van der Waals surface area contributed by atoms with Gasteiger partial charge >= 0.3 is 0 Å². The van der Waals surface area contributed by atoms with Crippen LogP contribution in [0.4, 0.5) is 0 Å². The van der Waals surface area contributed by atoms with Gasteiger partial charge in [-0.25, -0.2) is 18.1 Å². The van der Waals surface area contributed by atoms with Gasteiger partial charge in [-0.1, -0.05) is 12.1 Å². The van der Waals surface area contributed by atoms with E-state index < -0.39 is 10.0 Å². The van der Waals surface area contributed by atoms with Gasteiger partial charge in [0.15, 0.2) is 5.78 Å². The maximum absolute atomic E-state index is 12.0. The zero-order chi connectivity index (χ0) is 13.9. The number of carbonyl (C=O) groups is 1. The summed E-state index contributed by atoms with van der Waals surface area (Å²) < 4.78 is 26.4. The molecule has 0 unspecified atom stereocenters. The third-order valence-corrected chi connectivity index (χ3v) is 4.00. The number of aromatic nitrogens is 2. The van der Waals surface area contributed by atoms with Gasteiger partial charge in [0.1, 0.15) is 0 Å². The number of imidazole rings is 1. The first-order valence-electron chi connectivity index (χ1n) is 5.57. The molecule has 0 saturated heterocycles. The molecular formula is C12H13N3O3S. The van der Waals surface area contributed by atoms with E-state index in [-0.39, 0.29) is 17.2 Å². The molecular weight excluding hydrogens is 266 g/mol. The molecule has 2 aromatic rings. The molecule has 7 heteroatoms. The molecule has 0 saturated carbocycles. The van der Waals surface area contributed by atoms with E-state index >= 15 is 0 Å². The first kappa shape index (κ1) is 13.4. The van der Waals surface area contributed by atoms with Crippen molar-refractivity contribution in [3.05, 3.63) is 48.0 Å². The van der Waals surface area contributed by atoms with Crippen LogP contribution < -0.4 is 4.72 Å². The Morgan fingerprint density at radius 2 is 2.00 bits per heavy atom. The molecule has 0 aliphatic carbocycles. The Kier molecular flexibility index (Phi) is 3.77. The Labute approximate surface area is 110 Å². The number of benzene rings is 1. The second-order valence-corrected chi connectivity index (χ2v) is 5.75. The second kappa shape index (κ2) is 5.33.